The third-order valence-electron chi connectivity index (χ3n) is 5.26. The molecule has 0 aliphatic carbocycles. The summed E-state index contributed by atoms with van der Waals surface area (Å²) in [6, 6.07) is 4.63. The van der Waals surface area contributed by atoms with Gasteiger partial charge in [-0.15, -0.1) is 24.0 Å². The largest absolute Gasteiger partial charge is 0.365 e. The summed E-state index contributed by atoms with van der Waals surface area (Å²) in [6.45, 7) is 5.91. The van der Waals surface area contributed by atoms with Crippen LogP contribution in [0.3, 0.4) is 0 Å². The fraction of sp³-hybridized carbons (Fsp3) is 0.632. The number of para-hydroxylation sites is 1. The van der Waals surface area contributed by atoms with E-state index in [2.05, 4.69) is 22.6 Å². The Balaban J connectivity index is 0.00000261. The minimum absolute atomic E-state index is 0. The maximum absolute atomic E-state index is 14.0. The number of benzene rings is 1. The van der Waals surface area contributed by atoms with Crippen molar-refractivity contribution in [2.45, 2.75) is 38.3 Å². The molecule has 2 aliphatic rings. The van der Waals surface area contributed by atoms with E-state index in [4.69, 9.17) is 4.99 Å². The van der Waals surface area contributed by atoms with E-state index < -0.39 is 11.6 Å². The van der Waals surface area contributed by atoms with E-state index in [1.54, 1.807) is 4.90 Å². The van der Waals surface area contributed by atoms with Crippen molar-refractivity contribution in [3.63, 3.8) is 0 Å². The number of aliphatic imine (C=N–C) groups is 1. The van der Waals surface area contributed by atoms with Gasteiger partial charge >= 0.3 is 0 Å². The van der Waals surface area contributed by atoms with Crippen LogP contribution in [0, 0.1) is 11.6 Å². The topological polar surface area (TPSA) is 42.9 Å². The standard InChI is InChI=1S/C19H29F2N5.HI/c1-3-22-19(23-12-15-6-5-10-25(15)2)24-14-9-11-26(13-14)18-16(20)7-4-8-17(18)21;/h4,7-8,14-15H,3,5-6,9-13H2,1-2H3,(H2,22,23,24);1H. The van der Waals surface area contributed by atoms with Crippen LogP contribution in [0.25, 0.3) is 0 Å². The number of nitrogens with zero attached hydrogens (tertiary/aromatic N) is 3. The van der Waals surface area contributed by atoms with Gasteiger partial charge in [-0.25, -0.2) is 8.78 Å². The summed E-state index contributed by atoms with van der Waals surface area (Å²) < 4.78 is 28.0. The van der Waals surface area contributed by atoms with Gasteiger partial charge in [0.1, 0.15) is 17.3 Å². The Morgan fingerprint density at radius 2 is 1.96 bits per heavy atom. The zero-order valence-electron chi connectivity index (χ0n) is 16.0. The molecule has 152 valence electrons. The van der Waals surface area contributed by atoms with Crippen LogP contribution in [0.4, 0.5) is 14.5 Å². The molecule has 0 radical (unpaired) electrons. The number of halogens is 3. The first-order valence-electron chi connectivity index (χ1n) is 9.52. The lowest BCUT2D eigenvalue weighted by atomic mass is 10.2. The van der Waals surface area contributed by atoms with Crippen LogP contribution in [0.1, 0.15) is 26.2 Å². The van der Waals surface area contributed by atoms with Gasteiger partial charge in [-0.1, -0.05) is 6.07 Å². The third-order valence-corrected chi connectivity index (χ3v) is 5.26. The average Bonchev–Trinajstić information content (AvgIpc) is 3.22. The number of rotatable bonds is 5. The lowest BCUT2D eigenvalue weighted by molar-refractivity contribution is 0.317. The Kier molecular flexibility index (Phi) is 8.53. The molecule has 3 rings (SSSR count). The second-order valence-electron chi connectivity index (χ2n) is 7.14. The van der Waals surface area contributed by atoms with Gasteiger partial charge in [0, 0.05) is 31.7 Å². The summed E-state index contributed by atoms with van der Waals surface area (Å²) in [5.74, 6) is -0.223. The lowest BCUT2D eigenvalue weighted by Gasteiger charge is -2.22. The Labute approximate surface area is 177 Å². The van der Waals surface area contributed by atoms with Crippen molar-refractivity contribution < 1.29 is 8.78 Å². The second kappa shape index (κ2) is 10.4. The monoisotopic (exact) mass is 493 g/mol. The van der Waals surface area contributed by atoms with Crippen molar-refractivity contribution in [3.05, 3.63) is 29.8 Å². The van der Waals surface area contributed by atoms with Crippen LogP contribution >= 0.6 is 24.0 Å². The molecular weight excluding hydrogens is 463 g/mol. The normalized spacial score (nSPS) is 23.4. The molecule has 27 heavy (non-hydrogen) atoms. The first-order chi connectivity index (χ1) is 12.6. The fourth-order valence-corrected chi connectivity index (χ4v) is 3.79. The Bertz CT molecular complexity index is 622. The summed E-state index contributed by atoms with van der Waals surface area (Å²) in [6.07, 6.45) is 3.23. The highest BCUT2D eigenvalue weighted by atomic mass is 127. The Morgan fingerprint density at radius 3 is 2.59 bits per heavy atom. The van der Waals surface area contributed by atoms with E-state index in [-0.39, 0.29) is 35.7 Å². The van der Waals surface area contributed by atoms with Crippen LogP contribution in [0.5, 0.6) is 0 Å². The SMILES string of the molecule is CCNC(=NCC1CCCN1C)NC1CCN(c2c(F)cccc2F)C1.I. The predicted octanol–water partition coefficient (Wildman–Crippen LogP) is 2.81. The summed E-state index contributed by atoms with van der Waals surface area (Å²) in [7, 11) is 2.14. The molecule has 2 fully saturated rings. The smallest absolute Gasteiger partial charge is 0.191 e. The van der Waals surface area contributed by atoms with Crippen molar-refractivity contribution in [2.75, 3.05) is 44.7 Å². The molecule has 2 saturated heterocycles. The molecule has 2 aliphatic heterocycles. The molecule has 0 spiro atoms. The van der Waals surface area contributed by atoms with Crippen molar-refractivity contribution in [1.29, 1.82) is 0 Å². The van der Waals surface area contributed by atoms with Crippen LogP contribution in [0.15, 0.2) is 23.2 Å². The molecule has 0 aromatic heterocycles. The van der Waals surface area contributed by atoms with E-state index in [0.29, 0.717) is 19.1 Å². The van der Waals surface area contributed by atoms with Crippen LogP contribution in [-0.2, 0) is 0 Å². The van der Waals surface area contributed by atoms with E-state index in [1.165, 1.54) is 31.0 Å². The quantitative estimate of drug-likeness (QED) is 0.376. The fourth-order valence-electron chi connectivity index (χ4n) is 3.79. The van der Waals surface area contributed by atoms with Crippen LogP contribution in [0.2, 0.25) is 0 Å². The van der Waals surface area contributed by atoms with E-state index >= 15 is 0 Å². The van der Waals surface area contributed by atoms with Crippen molar-refractivity contribution >= 4 is 35.6 Å². The highest BCUT2D eigenvalue weighted by molar-refractivity contribution is 14.0. The number of nitrogens with one attached hydrogen (secondary N) is 2. The first kappa shape index (κ1) is 22.1. The summed E-state index contributed by atoms with van der Waals surface area (Å²) in [5, 5.41) is 6.71. The molecule has 2 heterocycles. The van der Waals surface area contributed by atoms with Gasteiger partial charge in [-0.2, -0.15) is 0 Å². The average molecular weight is 493 g/mol. The molecule has 0 bridgehead atoms. The molecular formula is C19H30F2IN5. The zero-order chi connectivity index (χ0) is 18.5. The molecule has 0 amide bonds. The zero-order valence-corrected chi connectivity index (χ0v) is 18.4. The molecule has 1 aromatic carbocycles. The number of hydrogen-bond donors (Lipinski definition) is 2. The van der Waals surface area contributed by atoms with Crippen LogP contribution < -0.4 is 15.5 Å². The first-order valence-corrected chi connectivity index (χ1v) is 9.52. The van der Waals surface area contributed by atoms with Gasteiger partial charge in [0.15, 0.2) is 5.96 Å². The van der Waals surface area contributed by atoms with Crippen molar-refractivity contribution in [2.24, 2.45) is 4.99 Å². The minimum Gasteiger partial charge on any atom is -0.365 e. The third kappa shape index (κ3) is 5.66. The predicted molar refractivity (Wildman–Crippen MR) is 117 cm³/mol. The van der Waals surface area contributed by atoms with Gasteiger partial charge in [0.25, 0.3) is 0 Å². The number of anilines is 1. The van der Waals surface area contributed by atoms with E-state index in [0.717, 1.165) is 32.0 Å². The summed E-state index contributed by atoms with van der Waals surface area (Å²) in [5.41, 5.74) is 0.0753. The number of hydrogen-bond acceptors (Lipinski definition) is 3. The molecule has 2 unspecified atom stereocenters. The van der Waals surface area contributed by atoms with E-state index in [1.807, 2.05) is 6.92 Å². The van der Waals surface area contributed by atoms with Gasteiger partial charge in [0.05, 0.1) is 6.54 Å². The van der Waals surface area contributed by atoms with Crippen LogP contribution in [-0.4, -0.2) is 62.7 Å². The maximum Gasteiger partial charge on any atom is 0.191 e. The van der Waals surface area contributed by atoms with Gasteiger partial charge in [-0.3, -0.25) is 4.99 Å². The molecule has 8 heteroatoms. The lowest BCUT2D eigenvalue weighted by Crippen LogP contribution is -2.45. The minimum atomic E-state index is -0.504. The van der Waals surface area contributed by atoms with Gasteiger partial charge < -0.3 is 20.4 Å². The molecule has 2 atom stereocenters. The number of likely N-dealkylation sites (N-methyl/N-ethyl adjacent to an activating group) is 1. The number of guanidine groups is 1. The molecule has 1 aromatic rings. The Morgan fingerprint density at radius 1 is 1.22 bits per heavy atom. The second-order valence-corrected chi connectivity index (χ2v) is 7.14. The van der Waals surface area contributed by atoms with Gasteiger partial charge in [0.2, 0.25) is 0 Å². The highest BCUT2D eigenvalue weighted by Crippen LogP contribution is 2.26. The number of likely N-dealkylation sites (tertiary alicyclic amines) is 1. The Hall–Kier alpha value is -1.16. The maximum atomic E-state index is 14.0. The highest BCUT2D eigenvalue weighted by Gasteiger charge is 2.27. The summed E-state index contributed by atoms with van der Waals surface area (Å²) in [4.78, 5) is 8.86. The van der Waals surface area contributed by atoms with Crippen molar-refractivity contribution in [3.8, 4) is 0 Å². The molecule has 0 saturated carbocycles. The molecule has 5 nitrogen and oxygen atoms in total. The summed E-state index contributed by atoms with van der Waals surface area (Å²) >= 11 is 0. The molecule has 2 N–H and O–H groups in total. The van der Waals surface area contributed by atoms with Gasteiger partial charge in [-0.05, 0) is 51.9 Å². The van der Waals surface area contributed by atoms with Crippen molar-refractivity contribution in [1.82, 2.24) is 15.5 Å². The van der Waals surface area contributed by atoms with E-state index in [9.17, 15) is 8.78 Å².